The van der Waals surface area contributed by atoms with Gasteiger partial charge in [-0.05, 0) is 34.5 Å². The maximum Gasteiger partial charge on any atom is 0.212 e. The highest BCUT2D eigenvalue weighted by molar-refractivity contribution is 9.10. The minimum atomic E-state index is -0.0368. The topological polar surface area (TPSA) is 47.8 Å². The molecule has 0 saturated heterocycles. The van der Waals surface area contributed by atoms with Crippen LogP contribution < -0.4 is 0 Å². The van der Waals surface area contributed by atoms with Gasteiger partial charge in [-0.3, -0.25) is 14.5 Å². The van der Waals surface area contributed by atoms with Gasteiger partial charge in [-0.15, -0.1) is 0 Å². The third-order valence-corrected chi connectivity index (χ3v) is 2.97. The van der Waals surface area contributed by atoms with Crippen LogP contribution in [-0.4, -0.2) is 20.5 Å². The molecule has 0 aliphatic heterocycles. The second kappa shape index (κ2) is 5.23. The molecule has 88 valence electrons. The SMILES string of the molecule is CCCn1ncc(Br)c1C(=O)c1ccncc1. The van der Waals surface area contributed by atoms with Crippen molar-refractivity contribution < 1.29 is 4.79 Å². The highest BCUT2D eigenvalue weighted by atomic mass is 79.9. The van der Waals surface area contributed by atoms with E-state index in [1.54, 1.807) is 35.4 Å². The summed E-state index contributed by atoms with van der Waals surface area (Å²) in [6.07, 6.45) is 5.82. The molecule has 2 heterocycles. The molecule has 2 rings (SSSR count). The third kappa shape index (κ3) is 2.44. The minimum Gasteiger partial charge on any atom is -0.287 e. The van der Waals surface area contributed by atoms with E-state index in [0.717, 1.165) is 17.4 Å². The summed E-state index contributed by atoms with van der Waals surface area (Å²) in [5, 5.41) is 4.19. The number of carbonyl (C=O) groups excluding carboxylic acids is 1. The summed E-state index contributed by atoms with van der Waals surface area (Å²) >= 11 is 3.37. The van der Waals surface area contributed by atoms with E-state index in [0.29, 0.717) is 11.3 Å². The zero-order valence-electron chi connectivity index (χ0n) is 9.43. The lowest BCUT2D eigenvalue weighted by atomic mass is 10.1. The molecule has 0 fully saturated rings. The molecule has 0 bridgehead atoms. The number of rotatable bonds is 4. The van der Waals surface area contributed by atoms with Crippen molar-refractivity contribution in [2.45, 2.75) is 19.9 Å². The molecule has 17 heavy (non-hydrogen) atoms. The van der Waals surface area contributed by atoms with E-state index in [2.05, 4.69) is 32.9 Å². The van der Waals surface area contributed by atoms with E-state index >= 15 is 0 Å². The van der Waals surface area contributed by atoms with Crippen LogP contribution in [0.2, 0.25) is 0 Å². The third-order valence-electron chi connectivity index (χ3n) is 2.39. The van der Waals surface area contributed by atoms with Crippen molar-refractivity contribution in [3.05, 3.63) is 46.5 Å². The van der Waals surface area contributed by atoms with Crippen LogP contribution in [0.4, 0.5) is 0 Å². The highest BCUT2D eigenvalue weighted by Crippen LogP contribution is 2.19. The number of aromatic nitrogens is 3. The Morgan fingerprint density at radius 1 is 1.41 bits per heavy atom. The molecule has 0 aliphatic rings. The summed E-state index contributed by atoms with van der Waals surface area (Å²) in [5.74, 6) is -0.0368. The van der Waals surface area contributed by atoms with Crippen molar-refractivity contribution in [1.82, 2.24) is 14.8 Å². The number of aryl methyl sites for hydroxylation is 1. The summed E-state index contributed by atoms with van der Waals surface area (Å²) in [6, 6.07) is 3.41. The van der Waals surface area contributed by atoms with Gasteiger partial charge in [0.2, 0.25) is 5.78 Å². The lowest BCUT2D eigenvalue weighted by Gasteiger charge is -2.05. The Labute approximate surface area is 108 Å². The Bertz CT molecular complexity index is 522. The monoisotopic (exact) mass is 293 g/mol. The number of carbonyl (C=O) groups is 1. The van der Waals surface area contributed by atoms with Gasteiger partial charge < -0.3 is 0 Å². The highest BCUT2D eigenvalue weighted by Gasteiger charge is 2.18. The Morgan fingerprint density at radius 3 is 2.76 bits per heavy atom. The maximum atomic E-state index is 12.3. The van der Waals surface area contributed by atoms with Crippen LogP contribution in [0.25, 0.3) is 0 Å². The number of hydrogen-bond donors (Lipinski definition) is 0. The first kappa shape index (κ1) is 12.0. The van der Waals surface area contributed by atoms with Gasteiger partial charge in [-0.2, -0.15) is 5.10 Å². The number of ketones is 1. The molecule has 2 aromatic rings. The average molecular weight is 294 g/mol. The average Bonchev–Trinajstić information content (AvgIpc) is 2.71. The molecular weight excluding hydrogens is 282 g/mol. The van der Waals surface area contributed by atoms with Gasteiger partial charge in [0.15, 0.2) is 0 Å². The Morgan fingerprint density at radius 2 is 2.12 bits per heavy atom. The maximum absolute atomic E-state index is 12.3. The molecule has 0 unspecified atom stereocenters. The molecule has 0 amide bonds. The minimum absolute atomic E-state index is 0.0368. The summed E-state index contributed by atoms with van der Waals surface area (Å²) < 4.78 is 2.46. The number of hydrogen-bond acceptors (Lipinski definition) is 3. The Kier molecular flexibility index (Phi) is 3.68. The first-order valence-electron chi connectivity index (χ1n) is 5.40. The van der Waals surface area contributed by atoms with Crippen LogP contribution in [0.3, 0.4) is 0 Å². The van der Waals surface area contributed by atoms with Gasteiger partial charge in [0.05, 0.1) is 10.7 Å². The second-order valence-electron chi connectivity index (χ2n) is 3.63. The van der Waals surface area contributed by atoms with Crippen molar-refractivity contribution in [3.63, 3.8) is 0 Å². The zero-order valence-corrected chi connectivity index (χ0v) is 11.0. The summed E-state index contributed by atoms with van der Waals surface area (Å²) in [7, 11) is 0. The first-order chi connectivity index (χ1) is 8.24. The van der Waals surface area contributed by atoms with Crippen molar-refractivity contribution >= 4 is 21.7 Å². The first-order valence-corrected chi connectivity index (χ1v) is 6.19. The van der Waals surface area contributed by atoms with Gasteiger partial charge in [0.25, 0.3) is 0 Å². The molecule has 0 aliphatic carbocycles. The lowest BCUT2D eigenvalue weighted by Crippen LogP contribution is -2.12. The van der Waals surface area contributed by atoms with E-state index in [4.69, 9.17) is 0 Å². The Balaban J connectivity index is 2.40. The van der Waals surface area contributed by atoms with Crippen LogP contribution in [-0.2, 0) is 6.54 Å². The van der Waals surface area contributed by atoms with Crippen molar-refractivity contribution in [1.29, 1.82) is 0 Å². The van der Waals surface area contributed by atoms with Crippen LogP contribution in [0.5, 0.6) is 0 Å². The smallest absolute Gasteiger partial charge is 0.212 e. The fourth-order valence-electron chi connectivity index (χ4n) is 1.61. The van der Waals surface area contributed by atoms with Crippen molar-refractivity contribution in [2.24, 2.45) is 0 Å². The molecule has 5 heteroatoms. The molecule has 0 aromatic carbocycles. The fourth-order valence-corrected chi connectivity index (χ4v) is 2.09. The largest absolute Gasteiger partial charge is 0.287 e. The summed E-state index contributed by atoms with van der Waals surface area (Å²) in [5.41, 5.74) is 1.22. The van der Waals surface area contributed by atoms with Crippen LogP contribution in [0, 0.1) is 0 Å². The molecular formula is C12H12BrN3O. The predicted molar refractivity (Wildman–Crippen MR) is 67.9 cm³/mol. The predicted octanol–water partition coefficient (Wildman–Crippen LogP) is 2.68. The molecule has 4 nitrogen and oxygen atoms in total. The molecule has 2 aromatic heterocycles. The van der Waals surface area contributed by atoms with E-state index in [1.165, 1.54) is 0 Å². The Hall–Kier alpha value is -1.49. The van der Waals surface area contributed by atoms with Gasteiger partial charge in [-0.1, -0.05) is 6.92 Å². The molecule has 0 saturated carbocycles. The van der Waals surface area contributed by atoms with E-state index in [-0.39, 0.29) is 5.78 Å². The second-order valence-corrected chi connectivity index (χ2v) is 4.48. The van der Waals surface area contributed by atoms with E-state index in [9.17, 15) is 4.79 Å². The van der Waals surface area contributed by atoms with Crippen LogP contribution >= 0.6 is 15.9 Å². The number of halogens is 1. The van der Waals surface area contributed by atoms with Crippen molar-refractivity contribution in [2.75, 3.05) is 0 Å². The van der Waals surface area contributed by atoms with E-state index in [1.807, 2.05) is 0 Å². The zero-order chi connectivity index (χ0) is 12.3. The van der Waals surface area contributed by atoms with Gasteiger partial charge in [0.1, 0.15) is 5.69 Å². The molecule has 0 spiro atoms. The normalized spacial score (nSPS) is 10.5. The van der Waals surface area contributed by atoms with Crippen LogP contribution in [0.1, 0.15) is 29.4 Å². The standard InChI is InChI=1S/C12H12BrN3O/c1-2-7-16-11(10(13)8-15-16)12(17)9-3-5-14-6-4-9/h3-6,8H,2,7H2,1H3. The van der Waals surface area contributed by atoms with Gasteiger partial charge in [0, 0.05) is 24.5 Å². The number of nitrogens with zero attached hydrogens (tertiary/aromatic N) is 3. The summed E-state index contributed by atoms with van der Waals surface area (Å²) in [4.78, 5) is 16.2. The van der Waals surface area contributed by atoms with Crippen LogP contribution in [0.15, 0.2) is 35.2 Å². The number of pyridine rings is 1. The van der Waals surface area contributed by atoms with Gasteiger partial charge in [-0.25, -0.2) is 0 Å². The molecule has 0 N–H and O–H groups in total. The molecule has 0 atom stereocenters. The lowest BCUT2D eigenvalue weighted by molar-refractivity contribution is 0.102. The van der Waals surface area contributed by atoms with Gasteiger partial charge >= 0.3 is 0 Å². The fraction of sp³-hybridized carbons (Fsp3) is 0.250. The van der Waals surface area contributed by atoms with E-state index < -0.39 is 0 Å². The quantitative estimate of drug-likeness (QED) is 0.815. The van der Waals surface area contributed by atoms with Crippen molar-refractivity contribution in [3.8, 4) is 0 Å². The summed E-state index contributed by atoms with van der Waals surface area (Å²) in [6.45, 7) is 2.79. The molecule has 0 radical (unpaired) electrons.